The number of carbonyl (C=O) groups excluding carboxylic acids is 1. The number of carbonyl (C=O) groups is 1. The monoisotopic (exact) mass is 208 g/mol. The quantitative estimate of drug-likeness (QED) is 0.712. The van der Waals surface area contributed by atoms with E-state index in [4.69, 9.17) is 4.74 Å². The molecule has 0 unspecified atom stereocenters. The first-order chi connectivity index (χ1) is 7.20. The summed E-state index contributed by atoms with van der Waals surface area (Å²) in [5.74, 6) is 0. The minimum atomic E-state index is -0.322. The zero-order valence-corrected chi connectivity index (χ0v) is 8.98. The molecule has 0 atom stereocenters. The van der Waals surface area contributed by atoms with Crippen molar-refractivity contribution < 1.29 is 9.53 Å². The summed E-state index contributed by atoms with van der Waals surface area (Å²) in [5.41, 5.74) is -0.278. The molecule has 4 nitrogen and oxygen atoms in total. The molecule has 2 rings (SSSR count). The van der Waals surface area contributed by atoms with E-state index in [0.717, 1.165) is 25.7 Å². The van der Waals surface area contributed by atoms with E-state index in [2.05, 4.69) is 4.98 Å². The first kappa shape index (κ1) is 10.2. The summed E-state index contributed by atoms with van der Waals surface area (Å²) in [7, 11) is 0. The minimum absolute atomic E-state index is 0.278. The Morgan fingerprint density at radius 1 is 1.40 bits per heavy atom. The lowest BCUT2D eigenvalue weighted by Crippen LogP contribution is -2.35. The maximum atomic E-state index is 11.7. The Morgan fingerprint density at radius 2 is 2.13 bits per heavy atom. The third kappa shape index (κ3) is 2.37. The van der Waals surface area contributed by atoms with Gasteiger partial charge in [0.1, 0.15) is 11.9 Å². The Hall–Kier alpha value is -1.32. The lowest BCUT2D eigenvalue weighted by molar-refractivity contribution is -0.00141. The van der Waals surface area contributed by atoms with Crippen LogP contribution in [0.5, 0.6) is 0 Å². The van der Waals surface area contributed by atoms with Crippen LogP contribution < -0.4 is 0 Å². The SMILES string of the molecule is CC1(OC(=O)n2ccnc2)CCCCC1. The Morgan fingerprint density at radius 3 is 2.73 bits per heavy atom. The van der Waals surface area contributed by atoms with Crippen molar-refractivity contribution in [2.24, 2.45) is 0 Å². The summed E-state index contributed by atoms with van der Waals surface area (Å²) >= 11 is 0. The number of nitrogens with zero attached hydrogens (tertiary/aromatic N) is 2. The average molecular weight is 208 g/mol. The van der Waals surface area contributed by atoms with Gasteiger partial charge >= 0.3 is 6.09 Å². The standard InChI is InChI=1S/C11H16N2O2/c1-11(5-3-2-4-6-11)15-10(14)13-8-7-12-9-13/h7-9H,2-6H2,1H3. The van der Waals surface area contributed by atoms with E-state index in [1.54, 1.807) is 12.4 Å². The van der Waals surface area contributed by atoms with E-state index in [9.17, 15) is 4.79 Å². The van der Waals surface area contributed by atoms with Crippen LogP contribution in [-0.4, -0.2) is 21.2 Å². The van der Waals surface area contributed by atoms with Crippen LogP contribution in [0.2, 0.25) is 0 Å². The highest BCUT2D eigenvalue weighted by Crippen LogP contribution is 2.31. The molecule has 1 aromatic rings. The number of aromatic nitrogens is 2. The average Bonchev–Trinajstić information content (AvgIpc) is 2.70. The fourth-order valence-corrected chi connectivity index (χ4v) is 2.03. The van der Waals surface area contributed by atoms with Crippen molar-refractivity contribution in [3.8, 4) is 0 Å². The summed E-state index contributed by atoms with van der Waals surface area (Å²) in [6.07, 6.45) is 9.80. The van der Waals surface area contributed by atoms with Crippen molar-refractivity contribution >= 4 is 6.09 Å². The summed E-state index contributed by atoms with van der Waals surface area (Å²) in [6.45, 7) is 2.01. The van der Waals surface area contributed by atoms with Crippen molar-refractivity contribution in [2.75, 3.05) is 0 Å². The predicted octanol–water partition coefficient (Wildman–Crippen LogP) is 2.59. The fourth-order valence-electron chi connectivity index (χ4n) is 2.03. The second-order valence-corrected chi connectivity index (χ2v) is 4.35. The molecule has 1 aliphatic carbocycles. The highest BCUT2D eigenvalue weighted by atomic mass is 16.6. The van der Waals surface area contributed by atoms with Gasteiger partial charge in [-0.1, -0.05) is 6.42 Å². The maximum Gasteiger partial charge on any atom is 0.419 e. The van der Waals surface area contributed by atoms with Gasteiger partial charge in [-0.3, -0.25) is 0 Å². The molecule has 0 radical (unpaired) electrons. The normalized spacial score (nSPS) is 19.8. The summed E-state index contributed by atoms with van der Waals surface area (Å²) in [5, 5.41) is 0. The molecule has 0 spiro atoms. The van der Waals surface area contributed by atoms with Gasteiger partial charge in [0.15, 0.2) is 0 Å². The molecule has 4 heteroatoms. The highest BCUT2D eigenvalue weighted by Gasteiger charge is 2.31. The number of imidazole rings is 1. The van der Waals surface area contributed by atoms with Crippen LogP contribution in [0.1, 0.15) is 39.0 Å². The molecule has 0 bridgehead atoms. The van der Waals surface area contributed by atoms with Crippen molar-refractivity contribution in [2.45, 2.75) is 44.6 Å². The summed E-state index contributed by atoms with van der Waals surface area (Å²) in [6, 6.07) is 0. The van der Waals surface area contributed by atoms with Gasteiger partial charge in [0, 0.05) is 12.4 Å². The first-order valence-corrected chi connectivity index (χ1v) is 5.41. The highest BCUT2D eigenvalue weighted by molar-refractivity contribution is 5.70. The van der Waals surface area contributed by atoms with Crippen molar-refractivity contribution in [1.82, 2.24) is 9.55 Å². The molecule has 1 heterocycles. The van der Waals surface area contributed by atoms with Crippen LogP contribution in [0.3, 0.4) is 0 Å². The molecule has 0 N–H and O–H groups in total. The van der Waals surface area contributed by atoms with Gasteiger partial charge in [-0.2, -0.15) is 0 Å². The smallest absolute Gasteiger partial charge is 0.419 e. The molecule has 0 aromatic carbocycles. The number of hydrogen-bond acceptors (Lipinski definition) is 3. The van der Waals surface area contributed by atoms with Gasteiger partial charge in [-0.05, 0) is 32.6 Å². The second kappa shape index (κ2) is 4.04. The molecule has 0 saturated heterocycles. The van der Waals surface area contributed by atoms with Crippen LogP contribution in [-0.2, 0) is 4.74 Å². The predicted molar refractivity (Wildman–Crippen MR) is 55.6 cm³/mol. The Kier molecular flexibility index (Phi) is 2.75. The van der Waals surface area contributed by atoms with Gasteiger partial charge in [-0.25, -0.2) is 14.3 Å². The molecule has 1 aliphatic rings. The number of ether oxygens (including phenoxy) is 1. The molecule has 15 heavy (non-hydrogen) atoms. The molecule has 1 fully saturated rings. The van der Waals surface area contributed by atoms with E-state index >= 15 is 0 Å². The van der Waals surface area contributed by atoms with Crippen molar-refractivity contribution in [1.29, 1.82) is 0 Å². The van der Waals surface area contributed by atoms with Gasteiger partial charge < -0.3 is 4.74 Å². The van der Waals surface area contributed by atoms with Crippen molar-refractivity contribution in [3.63, 3.8) is 0 Å². The van der Waals surface area contributed by atoms with E-state index in [0.29, 0.717) is 0 Å². The lowest BCUT2D eigenvalue weighted by Gasteiger charge is -2.32. The third-order valence-corrected chi connectivity index (χ3v) is 2.96. The van der Waals surface area contributed by atoms with Crippen LogP contribution in [0.25, 0.3) is 0 Å². The van der Waals surface area contributed by atoms with Gasteiger partial charge in [0.25, 0.3) is 0 Å². The molecule has 0 amide bonds. The maximum absolute atomic E-state index is 11.7. The van der Waals surface area contributed by atoms with Crippen molar-refractivity contribution in [3.05, 3.63) is 18.7 Å². The Balaban J connectivity index is 1.98. The van der Waals surface area contributed by atoms with E-state index in [-0.39, 0.29) is 11.7 Å². The van der Waals surface area contributed by atoms with Crippen LogP contribution in [0.4, 0.5) is 4.79 Å². The Bertz CT molecular complexity index is 326. The molecular weight excluding hydrogens is 192 g/mol. The van der Waals surface area contributed by atoms with E-state index < -0.39 is 0 Å². The summed E-state index contributed by atoms with van der Waals surface area (Å²) < 4.78 is 6.88. The topological polar surface area (TPSA) is 44.1 Å². The second-order valence-electron chi connectivity index (χ2n) is 4.35. The largest absolute Gasteiger partial charge is 0.443 e. The Labute approximate surface area is 89.3 Å². The third-order valence-electron chi connectivity index (χ3n) is 2.96. The van der Waals surface area contributed by atoms with E-state index in [1.807, 2.05) is 6.92 Å². The molecule has 82 valence electrons. The zero-order chi connectivity index (χ0) is 10.7. The van der Waals surface area contributed by atoms with E-state index in [1.165, 1.54) is 17.3 Å². The molecule has 1 aromatic heterocycles. The summed E-state index contributed by atoms with van der Waals surface area (Å²) in [4.78, 5) is 15.5. The zero-order valence-electron chi connectivity index (χ0n) is 8.98. The minimum Gasteiger partial charge on any atom is -0.443 e. The number of rotatable bonds is 1. The number of hydrogen-bond donors (Lipinski definition) is 0. The molecule has 1 saturated carbocycles. The molecular formula is C11H16N2O2. The van der Waals surface area contributed by atoms with Crippen LogP contribution in [0, 0.1) is 0 Å². The van der Waals surface area contributed by atoms with Crippen LogP contribution >= 0.6 is 0 Å². The first-order valence-electron chi connectivity index (χ1n) is 5.41. The fraction of sp³-hybridized carbons (Fsp3) is 0.636. The van der Waals surface area contributed by atoms with Crippen LogP contribution in [0.15, 0.2) is 18.7 Å². The van der Waals surface area contributed by atoms with Gasteiger partial charge in [0.05, 0.1) is 0 Å². The lowest BCUT2D eigenvalue weighted by atomic mass is 9.86. The van der Waals surface area contributed by atoms with Gasteiger partial charge in [-0.15, -0.1) is 0 Å². The van der Waals surface area contributed by atoms with Gasteiger partial charge in [0.2, 0.25) is 0 Å². The molecule has 0 aliphatic heterocycles.